The molecular formula is C12H18N2O5S. The van der Waals surface area contributed by atoms with Crippen molar-refractivity contribution in [1.82, 2.24) is 9.97 Å². The molecule has 0 spiro atoms. The van der Waals surface area contributed by atoms with Gasteiger partial charge in [-0.05, 0) is 25.7 Å². The Morgan fingerprint density at radius 2 is 1.65 bits per heavy atom. The zero-order valence-electron chi connectivity index (χ0n) is 11.5. The van der Waals surface area contributed by atoms with Crippen molar-refractivity contribution in [2.45, 2.75) is 37.9 Å². The predicted octanol–water partition coefficient (Wildman–Crippen LogP) is 1.15. The van der Waals surface area contributed by atoms with Crippen LogP contribution in [0.1, 0.15) is 25.7 Å². The van der Waals surface area contributed by atoms with E-state index in [1.807, 2.05) is 0 Å². The first-order chi connectivity index (χ1) is 9.46. The third-order valence-corrected chi connectivity index (χ3v) is 3.67. The van der Waals surface area contributed by atoms with Crippen LogP contribution < -0.4 is 9.47 Å². The van der Waals surface area contributed by atoms with Crippen LogP contribution in [0.3, 0.4) is 0 Å². The summed E-state index contributed by atoms with van der Waals surface area (Å²) in [6, 6.07) is 0.304. The third kappa shape index (κ3) is 4.61. The Bertz CT molecular complexity index is 523. The van der Waals surface area contributed by atoms with Crippen LogP contribution in [-0.4, -0.2) is 44.0 Å². The maximum atomic E-state index is 11.0. The number of methoxy groups -OCH3 is 1. The molecule has 0 radical (unpaired) electrons. The van der Waals surface area contributed by atoms with E-state index in [-0.39, 0.29) is 12.2 Å². The van der Waals surface area contributed by atoms with E-state index in [9.17, 15) is 8.42 Å². The summed E-state index contributed by atoms with van der Waals surface area (Å²) in [5.41, 5.74) is 0. The summed E-state index contributed by atoms with van der Waals surface area (Å²) in [7, 11) is -1.84. The summed E-state index contributed by atoms with van der Waals surface area (Å²) in [6.07, 6.45) is 6.62. The molecule has 112 valence electrons. The average Bonchev–Trinajstić information content (AvgIpc) is 2.40. The van der Waals surface area contributed by atoms with Crippen molar-refractivity contribution in [2.75, 3.05) is 13.4 Å². The Labute approximate surface area is 118 Å². The molecular weight excluding hydrogens is 284 g/mol. The molecule has 1 saturated carbocycles. The van der Waals surface area contributed by atoms with Gasteiger partial charge < -0.3 is 9.47 Å². The van der Waals surface area contributed by atoms with E-state index in [1.165, 1.54) is 0 Å². The van der Waals surface area contributed by atoms with Crippen LogP contribution in [0.5, 0.6) is 11.8 Å². The largest absolute Gasteiger partial charge is 0.494 e. The number of ether oxygens (including phenoxy) is 2. The molecule has 0 amide bonds. The first kappa shape index (κ1) is 15.0. The van der Waals surface area contributed by atoms with Crippen molar-refractivity contribution in [2.24, 2.45) is 0 Å². The van der Waals surface area contributed by atoms with Crippen molar-refractivity contribution >= 4 is 10.1 Å². The lowest BCUT2D eigenvalue weighted by Gasteiger charge is -2.27. The molecule has 1 aliphatic carbocycles. The Morgan fingerprint density at radius 1 is 1.10 bits per heavy atom. The fraction of sp³-hybridized carbons (Fsp3) is 0.667. The summed E-state index contributed by atoms with van der Waals surface area (Å²) < 4.78 is 37.7. The lowest BCUT2D eigenvalue weighted by molar-refractivity contribution is 0.0786. The number of hydrogen-bond donors (Lipinski definition) is 0. The lowest BCUT2D eigenvalue weighted by atomic mass is 9.95. The van der Waals surface area contributed by atoms with E-state index in [0.29, 0.717) is 24.6 Å². The fourth-order valence-electron chi connectivity index (χ4n) is 2.11. The molecule has 1 aromatic rings. The van der Waals surface area contributed by atoms with Gasteiger partial charge in [0.25, 0.3) is 10.1 Å². The number of hydrogen-bond acceptors (Lipinski definition) is 7. The van der Waals surface area contributed by atoms with Crippen LogP contribution >= 0.6 is 0 Å². The second-order valence-electron chi connectivity index (χ2n) is 4.72. The van der Waals surface area contributed by atoms with E-state index < -0.39 is 10.1 Å². The molecule has 0 saturated heterocycles. The van der Waals surface area contributed by atoms with Gasteiger partial charge in [-0.1, -0.05) is 0 Å². The zero-order chi connectivity index (χ0) is 14.6. The highest BCUT2D eigenvalue weighted by Gasteiger charge is 2.26. The molecule has 1 aliphatic rings. The summed E-state index contributed by atoms with van der Waals surface area (Å²) in [4.78, 5) is 8.07. The molecule has 0 atom stereocenters. The summed E-state index contributed by atoms with van der Waals surface area (Å²) in [5, 5.41) is 0. The zero-order valence-corrected chi connectivity index (χ0v) is 12.3. The molecule has 0 aliphatic heterocycles. The van der Waals surface area contributed by atoms with Gasteiger partial charge in [0, 0.05) is 0 Å². The summed E-state index contributed by atoms with van der Waals surface area (Å²) >= 11 is 0. The van der Waals surface area contributed by atoms with Crippen molar-refractivity contribution in [3.63, 3.8) is 0 Å². The van der Waals surface area contributed by atoms with E-state index in [4.69, 9.17) is 13.7 Å². The first-order valence-electron chi connectivity index (χ1n) is 6.37. The molecule has 8 heteroatoms. The molecule has 0 N–H and O–H groups in total. The Hall–Kier alpha value is -1.41. The average molecular weight is 302 g/mol. The van der Waals surface area contributed by atoms with Gasteiger partial charge in [0.15, 0.2) is 5.75 Å². The molecule has 0 unspecified atom stereocenters. The van der Waals surface area contributed by atoms with Crippen molar-refractivity contribution in [1.29, 1.82) is 0 Å². The topological polar surface area (TPSA) is 87.6 Å². The van der Waals surface area contributed by atoms with Crippen LogP contribution in [0, 0.1) is 0 Å². The third-order valence-electron chi connectivity index (χ3n) is 3.04. The molecule has 7 nitrogen and oxygen atoms in total. The molecule has 0 aromatic carbocycles. The van der Waals surface area contributed by atoms with E-state index in [2.05, 4.69) is 9.97 Å². The van der Waals surface area contributed by atoms with Gasteiger partial charge in [-0.3, -0.25) is 4.18 Å². The molecule has 1 aromatic heterocycles. The van der Waals surface area contributed by atoms with E-state index in [1.54, 1.807) is 19.5 Å². The Kier molecular flexibility index (Phi) is 4.77. The van der Waals surface area contributed by atoms with Gasteiger partial charge in [-0.25, -0.2) is 0 Å². The van der Waals surface area contributed by atoms with Crippen LogP contribution in [0.25, 0.3) is 0 Å². The molecule has 1 heterocycles. The minimum Gasteiger partial charge on any atom is -0.494 e. The van der Waals surface area contributed by atoms with Crippen LogP contribution in [0.2, 0.25) is 0 Å². The van der Waals surface area contributed by atoms with Gasteiger partial charge in [0.2, 0.25) is 0 Å². The smallest absolute Gasteiger partial charge is 0.316 e. The van der Waals surface area contributed by atoms with Crippen molar-refractivity contribution in [3.8, 4) is 11.8 Å². The SMILES string of the molecule is COc1cnc(O[C@H]2CC[C@H](OS(C)(=O)=O)CC2)nc1. The van der Waals surface area contributed by atoms with Gasteiger partial charge in [0.1, 0.15) is 6.10 Å². The monoisotopic (exact) mass is 302 g/mol. The molecule has 20 heavy (non-hydrogen) atoms. The highest BCUT2D eigenvalue weighted by molar-refractivity contribution is 7.86. The second kappa shape index (κ2) is 6.36. The minimum absolute atomic E-state index is 0.0113. The van der Waals surface area contributed by atoms with E-state index >= 15 is 0 Å². The maximum Gasteiger partial charge on any atom is 0.316 e. The number of rotatable bonds is 5. The van der Waals surface area contributed by atoms with Crippen LogP contribution in [0.4, 0.5) is 0 Å². The van der Waals surface area contributed by atoms with Gasteiger partial charge in [-0.15, -0.1) is 0 Å². The number of nitrogens with zero attached hydrogens (tertiary/aromatic N) is 2. The fourth-order valence-corrected chi connectivity index (χ4v) is 2.80. The van der Waals surface area contributed by atoms with Crippen LogP contribution in [0.15, 0.2) is 12.4 Å². The van der Waals surface area contributed by atoms with Crippen molar-refractivity contribution < 1.29 is 22.1 Å². The Balaban J connectivity index is 1.81. The van der Waals surface area contributed by atoms with Crippen molar-refractivity contribution in [3.05, 3.63) is 12.4 Å². The second-order valence-corrected chi connectivity index (χ2v) is 6.32. The maximum absolute atomic E-state index is 11.0. The highest BCUT2D eigenvalue weighted by Crippen LogP contribution is 2.25. The minimum atomic E-state index is -3.39. The van der Waals surface area contributed by atoms with Gasteiger partial charge >= 0.3 is 6.01 Å². The highest BCUT2D eigenvalue weighted by atomic mass is 32.2. The van der Waals surface area contributed by atoms with Crippen LogP contribution in [-0.2, 0) is 14.3 Å². The lowest BCUT2D eigenvalue weighted by Crippen LogP contribution is -2.30. The molecule has 1 fully saturated rings. The normalized spacial score (nSPS) is 23.3. The quantitative estimate of drug-likeness (QED) is 0.754. The molecule has 0 bridgehead atoms. The summed E-state index contributed by atoms with van der Waals surface area (Å²) in [6.45, 7) is 0. The predicted molar refractivity (Wildman–Crippen MR) is 71.2 cm³/mol. The summed E-state index contributed by atoms with van der Waals surface area (Å²) in [5.74, 6) is 0.572. The molecule has 2 rings (SSSR count). The van der Waals surface area contributed by atoms with E-state index in [0.717, 1.165) is 19.1 Å². The van der Waals surface area contributed by atoms with Gasteiger partial charge in [0.05, 0.1) is 31.9 Å². The number of aromatic nitrogens is 2. The standard InChI is InChI=1S/C12H18N2O5S/c1-17-11-7-13-12(14-8-11)18-9-3-5-10(6-4-9)19-20(2,15)16/h7-10H,3-6H2,1-2H3/t9-,10-. The van der Waals surface area contributed by atoms with Gasteiger partial charge in [-0.2, -0.15) is 18.4 Å². The first-order valence-corrected chi connectivity index (χ1v) is 8.19. The Morgan fingerprint density at radius 3 is 2.15 bits per heavy atom.